The molecule has 23 heavy (non-hydrogen) atoms. The summed E-state index contributed by atoms with van der Waals surface area (Å²) in [7, 11) is 0. The van der Waals surface area contributed by atoms with E-state index in [-0.39, 0.29) is 23.7 Å². The molecular formula is C17H19N2O4-. The largest absolute Gasteiger partial charge is 0.550 e. The van der Waals surface area contributed by atoms with Crippen molar-refractivity contribution >= 4 is 29.2 Å². The normalized spacial score (nSPS) is 28.4. The third-order valence-corrected chi connectivity index (χ3v) is 4.96. The molecule has 0 radical (unpaired) electrons. The second-order valence-corrected chi connectivity index (χ2v) is 6.45. The number of aliphatic carboxylic acids is 1. The Bertz CT molecular complexity index is 640. The second kappa shape index (κ2) is 6.02. The molecule has 2 bridgehead atoms. The number of rotatable bonds is 4. The van der Waals surface area contributed by atoms with Gasteiger partial charge in [-0.05, 0) is 55.4 Å². The van der Waals surface area contributed by atoms with Crippen molar-refractivity contribution < 1.29 is 19.5 Å². The van der Waals surface area contributed by atoms with Crippen LogP contribution in [0.5, 0.6) is 0 Å². The Morgan fingerprint density at radius 2 is 1.48 bits per heavy atom. The molecule has 0 unspecified atom stereocenters. The van der Waals surface area contributed by atoms with Crippen LogP contribution < -0.4 is 15.7 Å². The monoisotopic (exact) mass is 315 g/mol. The molecule has 6 heteroatoms. The summed E-state index contributed by atoms with van der Waals surface area (Å²) in [5.41, 5.74) is 1.23. The minimum atomic E-state index is -1.11. The third kappa shape index (κ3) is 3.06. The van der Waals surface area contributed by atoms with Crippen LogP contribution in [0, 0.1) is 23.7 Å². The summed E-state index contributed by atoms with van der Waals surface area (Å²) in [6, 6.07) is 6.75. The van der Waals surface area contributed by atoms with Gasteiger partial charge >= 0.3 is 0 Å². The predicted octanol–water partition coefficient (Wildman–Crippen LogP) is 0.996. The smallest absolute Gasteiger partial charge is 0.228 e. The Balaban J connectivity index is 1.69. The number of nitrogens with one attached hydrogen (secondary N) is 2. The highest BCUT2D eigenvalue weighted by molar-refractivity contribution is 5.96. The summed E-state index contributed by atoms with van der Waals surface area (Å²) in [6.45, 7) is 1.42. The number of carboxylic acid groups (broad SMARTS) is 1. The maximum Gasteiger partial charge on any atom is 0.228 e. The van der Waals surface area contributed by atoms with E-state index in [1.807, 2.05) is 0 Å². The fourth-order valence-corrected chi connectivity index (χ4v) is 4.07. The first kappa shape index (κ1) is 15.5. The molecule has 2 N–H and O–H groups in total. The quantitative estimate of drug-likeness (QED) is 0.866. The van der Waals surface area contributed by atoms with E-state index < -0.39 is 17.8 Å². The number of hydrogen-bond acceptors (Lipinski definition) is 4. The molecule has 3 rings (SSSR count). The number of amides is 2. The topological polar surface area (TPSA) is 98.3 Å². The molecule has 2 saturated carbocycles. The van der Waals surface area contributed by atoms with Gasteiger partial charge in [0, 0.05) is 36.1 Å². The molecular weight excluding hydrogens is 296 g/mol. The van der Waals surface area contributed by atoms with Crippen molar-refractivity contribution in [1.82, 2.24) is 0 Å². The molecule has 2 aliphatic carbocycles. The van der Waals surface area contributed by atoms with E-state index >= 15 is 0 Å². The Kier molecular flexibility index (Phi) is 4.07. The van der Waals surface area contributed by atoms with Crippen LogP contribution in [0.2, 0.25) is 0 Å². The Labute approximate surface area is 134 Å². The zero-order valence-electron chi connectivity index (χ0n) is 12.9. The minimum absolute atomic E-state index is 0.0721. The molecule has 2 amide bonds. The van der Waals surface area contributed by atoms with E-state index in [0.29, 0.717) is 11.4 Å². The lowest BCUT2D eigenvalue weighted by Gasteiger charge is -2.30. The number of hydrogen-bond donors (Lipinski definition) is 2. The highest BCUT2D eigenvalue weighted by Crippen LogP contribution is 2.52. The van der Waals surface area contributed by atoms with Gasteiger partial charge in [0.2, 0.25) is 11.8 Å². The molecule has 0 spiro atoms. The fourth-order valence-electron chi connectivity index (χ4n) is 4.07. The summed E-state index contributed by atoms with van der Waals surface area (Å²) in [5, 5.41) is 16.8. The van der Waals surface area contributed by atoms with Crippen molar-refractivity contribution in [1.29, 1.82) is 0 Å². The SMILES string of the molecule is CC(=O)Nc1ccc(NC(=O)[C@@H]2[C@@H]3CC[C@@H](C3)[C@@H]2C(=O)[O-])cc1. The number of carbonyl (C=O) groups is 3. The van der Waals surface area contributed by atoms with Crippen LogP contribution in [-0.2, 0) is 14.4 Å². The highest BCUT2D eigenvalue weighted by atomic mass is 16.4. The first-order chi connectivity index (χ1) is 11.0. The van der Waals surface area contributed by atoms with Gasteiger partial charge < -0.3 is 20.5 Å². The van der Waals surface area contributed by atoms with Gasteiger partial charge in [-0.3, -0.25) is 9.59 Å². The van der Waals surface area contributed by atoms with Crippen LogP contribution in [0.25, 0.3) is 0 Å². The minimum Gasteiger partial charge on any atom is -0.550 e. The fraction of sp³-hybridized carbons (Fsp3) is 0.471. The maximum atomic E-state index is 12.5. The number of benzene rings is 1. The number of carboxylic acids is 1. The van der Waals surface area contributed by atoms with Gasteiger partial charge in [-0.1, -0.05) is 0 Å². The van der Waals surface area contributed by atoms with Crippen LogP contribution >= 0.6 is 0 Å². The van der Waals surface area contributed by atoms with Gasteiger partial charge in [0.05, 0.1) is 0 Å². The average Bonchev–Trinajstić information content (AvgIpc) is 3.09. The molecule has 2 fully saturated rings. The molecule has 2 aliphatic rings. The molecule has 0 heterocycles. The molecule has 1 aromatic carbocycles. The van der Waals surface area contributed by atoms with Crippen LogP contribution in [0.3, 0.4) is 0 Å². The summed E-state index contributed by atoms with van der Waals surface area (Å²) >= 11 is 0. The van der Waals surface area contributed by atoms with Crippen molar-refractivity contribution in [3.63, 3.8) is 0 Å². The van der Waals surface area contributed by atoms with Crippen molar-refractivity contribution in [2.75, 3.05) is 10.6 Å². The molecule has 122 valence electrons. The lowest BCUT2D eigenvalue weighted by molar-refractivity contribution is -0.314. The van der Waals surface area contributed by atoms with Crippen LogP contribution in [0.1, 0.15) is 26.2 Å². The zero-order chi connectivity index (χ0) is 16.6. The molecule has 6 nitrogen and oxygen atoms in total. The van der Waals surface area contributed by atoms with Gasteiger partial charge in [-0.15, -0.1) is 0 Å². The molecule has 1 aromatic rings. The van der Waals surface area contributed by atoms with Gasteiger partial charge in [0.25, 0.3) is 0 Å². The van der Waals surface area contributed by atoms with E-state index in [1.54, 1.807) is 24.3 Å². The van der Waals surface area contributed by atoms with Crippen molar-refractivity contribution in [2.45, 2.75) is 26.2 Å². The number of carbonyl (C=O) groups excluding carboxylic acids is 3. The summed E-state index contributed by atoms with van der Waals surface area (Å²) < 4.78 is 0. The van der Waals surface area contributed by atoms with E-state index in [4.69, 9.17) is 0 Å². The zero-order valence-corrected chi connectivity index (χ0v) is 12.9. The van der Waals surface area contributed by atoms with Crippen molar-refractivity contribution in [2.24, 2.45) is 23.7 Å². The first-order valence-corrected chi connectivity index (χ1v) is 7.85. The van der Waals surface area contributed by atoms with E-state index in [9.17, 15) is 19.5 Å². The van der Waals surface area contributed by atoms with Gasteiger partial charge in [-0.25, -0.2) is 0 Å². The van der Waals surface area contributed by atoms with Crippen LogP contribution in [0.4, 0.5) is 11.4 Å². The maximum absolute atomic E-state index is 12.5. The first-order valence-electron chi connectivity index (χ1n) is 7.85. The van der Waals surface area contributed by atoms with E-state index in [2.05, 4.69) is 10.6 Å². The van der Waals surface area contributed by atoms with E-state index in [0.717, 1.165) is 19.3 Å². The second-order valence-electron chi connectivity index (χ2n) is 6.45. The van der Waals surface area contributed by atoms with E-state index in [1.165, 1.54) is 6.92 Å². The van der Waals surface area contributed by atoms with Crippen LogP contribution in [0.15, 0.2) is 24.3 Å². The highest BCUT2D eigenvalue weighted by Gasteiger charge is 2.51. The Morgan fingerprint density at radius 3 is 2.00 bits per heavy atom. The number of anilines is 2. The third-order valence-electron chi connectivity index (χ3n) is 4.96. The molecule has 4 atom stereocenters. The number of fused-ring (bicyclic) bond motifs is 2. The Hall–Kier alpha value is -2.37. The summed E-state index contributed by atoms with van der Waals surface area (Å²) in [5.74, 6) is -2.50. The molecule has 0 aromatic heterocycles. The molecule has 0 saturated heterocycles. The van der Waals surface area contributed by atoms with Crippen molar-refractivity contribution in [3.8, 4) is 0 Å². The van der Waals surface area contributed by atoms with Crippen molar-refractivity contribution in [3.05, 3.63) is 24.3 Å². The lowest BCUT2D eigenvalue weighted by atomic mass is 9.78. The summed E-state index contributed by atoms with van der Waals surface area (Å²) in [6.07, 6.45) is 2.59. The standard InChI is InChI=1S/C17H20N2O4/c1-9(20)18-12-4-6-13(7-5-12)19-16(21)14-10-2-3-11(8-10)15(14)17(22)23/h4-7,10-11,14-15H,2-3,8H2,1H3,(H,18,20)(H,19,21)(H,22,23)/p-1/t10-,11+,14-,15+/m1/s1. The average molecular weight is 315 g/mol. The summed E-state index contributed by atoms with van der Waals surface area (Å²) in [4.78, 5) is 34.9. The Morgan fingerprint density at radius 1 is 0.957 bits per heavy atom. The van der Waals surface area contributed by atoms with Crippen LogP contribution in [-0.4, -0.2) is 17.8 Å². The van der Waals surface area contributed by atoms with Gasteiger partial charge in [-0.2, -0.15) is 0 Å². The van der Waals surface area contributed by atoms with Gasteiger partial charge in [0.1, 0.15) is 0 Å². The predicted molar refractivity (Wildman–Crippen MR) is 82.2 cm³/mol. The molecule has 0 aliphatic heterocycles. The lowest BCUT2D eigenvalue weighted by Crippen LogP contribution is -2.43. The van der Waals surface area contributed by atoms with Gasteiger partial charge in [0.15, 0.2) is 0 Å².